The van der Waals surface area contributed by atoms with Crippen LogP contribution in [0.4, 0.5) is 0 Å². The van der Waals surface area contributed by atoms with E-state index in [1.807, 2.05) is 10.9 Å². The Kier molecular flexibility index (Phi) is 21.2. The van der Waals surface area contributed by atoms with Gasteiger partial charge in [0.15, 0.2) is 0 Å². The van der Waals surface area contributed by atoms with E-state index in [1.165, 1.54) is 0 Å². The smallest absolute Gasteiger partial charge is 0 e. The Labute approximate surface area is 96.9 Å². The molecule has 0 atom stereocenters. The van der Waals surface area contributed by atoms with Gasteiger partial charge in [-0.15, -0.1) is 0 Å². The van der Waals surface area contributed by atoms with Crippen LogP contribution < -0.4 is 10.9 Å². The Hall–Kier alpha value is 0.634. The quantitative estimate of drug-likeness (QED) is 0.293. The molecule has 0 radical (unpaired) electrons. The van der Waals surface area contributed by atoms with Crippen molar-refractivity contribution < 1.29 is 16.5 Å². The van der Waals surface area contributed by atoms with E-state index in [9.17, 15) is 0 Å². The van der Waals surface area contributed by atoms with Crippen molar-refractivity contribution in [1.29, 1.82) is 0 Å². The molecule has 0 rings (SSSR count). The minimum absolute atomic E-state index is 0. The third-order valence-electron chi connectivity index (χ3n) is 0.204. The summed E-state index contributed by atoms with van der Waals surface area (Å²) in [6.45, 7) is 0. The number of thiocarbonyl (C=S) groups is 2. The summed E-state index contributed by atoms with van der Waals surface area (Å²) in [7, 11) is 0. The van der Waals surface area contributed by atoms with Crippen molar-refractivity contribution in [3.63, 3.8) is 0 Å². The summed E-state index contributed by atoms with van der Waals surface area (Å²) in [5.41, 5.74) is 3.65. The van der Waals surface area contributed by atoms with E-state index in [0.29, 0.717) is 0 Å². The molecular weight excluding hydrogens is 267 g/mol. The molecule has 0 unspecified atom stereocenters. The van der Waals surface area contributed by atoms with E-state index in [4.69, 9.17) is 11.7 Å². The first kappa shape index (κ1) is 17.6. The van der Waals surface area contributed by atoms with Crippen LogP contribution in [-0.4, -0.2) is 8.64 Å². The average Bonchev–Trinajstić information content (AvgIpc) is 1.89. The summed E-state index contributed by atoms with van der Waals surface area (Å²) >= 11 is 16.9. The van der Waals surface area contributed by atoms with E-state index in [-0.39, 0.29) is 25.1 Å². The number of hydrogen-bond donors (Lipinski definition) is 2. The predicted octanol–water partition coefficient (Wildman–Crippen LogP) is 0.747. The number of nitrogens with one attached hydrogen (secondary N) is 4. The second-order valence-electron chi connectivity index (χ2n) is 0.825. The minimum atomic E-state index is 0. The van der Waals surface area contributed by atoms with Crippen molar-refractivity contribution in [2.75, 3.05) is 0 Å². The molecule has 0 aliphatic carbocycles. The van der Waals surface area contributed by atoms with Gasteiger partial charge < -0.3 is 72.2 Å². The molecule has 0 aliphatic rings. The monoisotopic (exact) mass is 270 g/mol. The van der Waals surface area contributed by atoms with Crippen molar-refractivity contribution >= 4 is 58.3 Å². The van der Waals surface area contributed by atoms with Crippen molar-refractivity contribution in [1.82, 2.24) is 10.9 Å². The van der Waals surface area contributed by atoms with Crippen LogP contribution in [0.25, 0.3) is 11.7 Å². The molecule has 4 N–H and O–H groups in total. The van der Waals surface area contributed by atoms with Gasteiger partial charge in [0.05, 0.1) is 0 Å². The minimum Gasteiger partial charge on any atom is -0.587 e. The second kappa shape index (κ2) is 13.2. The van der Waals surface area contributed by atoms with Crippen molar-refractivity contribution in [3.05, 3.63) is 11.7 Å². The molecule has 0 spiro atoms. The second-order valence-corrected chi connectivity index (χ2v) is 2.97. The zero-order chi connectivity index (χ0) is 8.57. The molecule has 0 aliphatic heterocycles. The summed E-state index contributed by atoms with van der Waals surface area (Å²) in [5, 5.41) is 0. The maximum Gasteiger partial charge on any atom is 0 e. The maximum absolute atomic E-state index is 6.16. The van der Waals surface area contributed by atoms with Gasteiger partial charge in [-0.3, -0.25) is 0 Å². The molecule has 70 valence electrons. The van der Waals surface area contributed by atoms with Crippen LogP contribution in [-0.2, 0) is 41.7 Å². The third kappa shape index (κ3) is 36.9. The summed E-state index contributed by atoms with van der Waals surface area (Å²) in [6.07, 6.45) is 0. The molecule has 0 saturated heterocycles. The Morgan fingerprint density at radius 2 is 1.09 bits per heavy atom. The van der Waals surface area contributed by atoms with Gasteiger partial charge in [-0.2, -0.15) is 0 Å². The summed E-state index contributed by atoms with van der Waals surface area (Å²) < 4.78 is 0.176. The van der Waals surface area contributed by atoms with Gasteiger partial charge in [0.1, 0.15) is 0 Å². The molecule has 4 nitrogen and oxygen atoms in total. The molecular formula is C2H4N4NiS4-4. The fourth-order valence-corrected chi connectivity index (χ4v) is 0. The van der Waals surface area contributed by atoms with E-state index in [0.717, 1.165) is 0 Å². The Balaban J connectivity index is -0.000000107. The maximum atomic E-state index is 6.16. The first-order chi connectivity index (χ1) is 4.54. The van der Waals surface area contributed by atoms with E-state index in [2.05, 4.69) is 49.7 Å². The molecule has 0 aromatic carbocycles. The SMILES string of the molecule is [NH-]NC(=S)[S-].[NH-]NC(=S)[S-].[Ni]. The zero-order valence-electron chi connectivity index (χ0n) is 4.95. The molecule has 0 aromatic heterocycles. The topological polar surface area (TPSA) is 71.7 Å². The molecule has 0 fully saturated rings. The number of hydrogen-bond acceptors (Lipinski definition) is 4. The van der Waals surface area contributed by atoms with Crippen LogP contribution in [0.1, 0.15) is 0 Å². The van der Waals surface area contributed by atoms with Gasteiger partial charge in [0, 0.05) is 16.5 Å². The van der Waals surface area contributed by atoms with E-state index < -0.39 is 0 Å². The van der Waals surface area contributed by atoms with Crippen LogP contribution in [0.15, 0.2) is 0 Å². The van der Waals surface area contributed by atoms with E-state index >= 15 is 0 Å². The van der Waals surface area contributed by atoms with Gasteiger partial charge in [0.25, 0.3) is 0 Å². The van der Waals surface area contributed by atoms with E-state index in [1.54, 1.807) is 0 Å². The third-order valence-corrected chi connectivity index (χ3v) is 0.612. The fraction of sp³-hybridized carbons (Fsp3) is 0. The molecule has 0 saturated carbocycles. The van der Waals surface area contributed by atoms with Crippen molar-refractivity contribution in [3.8, 4) is 0 Å². The largest absolute Gasteiger partial charge is 0.587 e. The first-order valence-corrected chi connectivity index (χ1v) is 3.45. The average molecular weight is 271 g/mol. The summed E-state index contributed by atoms with van der Waals surface area (Å²) in [4.78, 5) is 0. The van der Waals surface area contributed by atoms with Crippen LogP contribution in [0.3, 0.4) is 0 Å². The summed E-state index contributed by atoms with van der Waals surface area (Å²) in [5.74, 6) is 12.3. The predicted molar refractivity (Wildman–Crippen MR) is 54.8 cm³/mol. The Morgan fingerprint density at radius 3 is 1.09 bits per heavy atom. The standard InChI is InChI=1S/2CH3N2S2.Ni/c2*2-3-1(4)5;/h2*2H,(H2,3,4,5);/q2*-1;/p-2. The van der Waals surface area contributed by atoms with Gasteiger partial charge in [-0.1, -0.05) is 8.64 Å². The normalized spacial score (nSPS) is 6.00. The van der Waals surface area contributed by atoms with Crippen LogP contribution in [0.2, 0.25) is 0 Å². The zero-order valence-corrected chi connectivity index (χ0v) is 9.20. The molecule has 11 heavy (non-hydrogen) atoms. The number of rotatable bonds is 0. The molecule has 0 bridgehead atoms. The van der Waals surface area contributed by atoms with Gasteiger partial charge >= 0.3 is 0 Å². The van der Waals surface area contributed by atoms with Gasteiger partial charge in [-0.05, 0) is 0 Å². The van der Waals surface area contributed by atoms with Gasteiger partial charge in [-0.25, -0.2) is 0 Å². The van der Waals surface area contributed by atoms with Crippen LogP contribution in [0, 0.1) is 0 Å². The molecule has 0 heterocycles. The van der Waals surface area contributed by atoms with Crippen LogP contribution in [0.5, 0.6) is 0 Å². The fourth-order valence-electron chi connectivity index (χ4n) is 0. The van der Waals surface area contributed by atoms with Crippen LogP contribution >= 0.6 is 24.4 Å². The molecule has 0 aromatic rings. The Morgan fingerprint density at radius 1 is 1.00 bits per heavy atom. The van der Waals surface area contributed by atoms with Crippen molar-refractivity contribution in [2.24, 2.45) is 0 Å². The molecule has 0 amide bonds. The van der Waals surface area contributed by atoms with Gasteiger partial charge in [0.2, 0.25) is 0 Å². The molecule has 9 heteroatoms. The first-order valence-electron chi connectivity index (χ1n) is 1.82. The summed E-state index contributed by atoms with van der Waals surface area (Å²) in [6, 6.07) is 0. The van der Waals surface area contributed by atoms with Crippen molar-refractivity contribution in [2.45, 2.75) is 0 Å². The Bertz CT molecular complexity index is 105.